The molecule has 0 radical (unpaired) electrons. The Labute approximate surface area is 288 Å². The van der Waals surface area contributed by atoms with Crippen molar-refractivity contribution in [2.45, 2.75) is 52.2 Å². The van der Waals surface area contributed by atoms with Crippen LogP contribution in [0, 0.1) is 5.82 Å². The molecule has 0 aliphatic carbocycles. The topological polar surface area (TPSA) is 113 Å². The molecule has 5 aromatic rings. The minimum atomic E-state index is -0.641. The molecule has 49 heavy (non-hydrogen) atoms. The summed E-state index contributed by atoms with van der Waals surface area (Å²) < 4.78 is 34.6. The van der Waals surface area contributed by atoms with Crippen molar-refractivity contribution in [3.63, 3.8) is 0 Å². The van der Waals surface area contributed by atoms with Crippen LogP contribution in [0.3, 0.4) is 0 Å². The number of carbonyl (C=O) groups is 3. The molecule has 0 saturated carbocycles. The first kappa shape index (κ1) is 35.4. The number of hydrogen-bond donors (Lipinski definition) is 0. The molecule has 3 aromatic heterocycles. The van der Waals surface area contributed by atoms with Crippen LogP contribution in [0.2, 0.25) is 0 Å². The molecule has 1 amide bonds. The molecule has 0 aliphatic rings. The number of nitrogens with zero attached hydrogens (tertiary/aromatic N) is 4. The van der Waals surface area contributed by atoms with Gasteiger partial charge in [0.05, 0.1) is 46.6 Å². The fourth-order valence-electron chi connectivity index (χ4n) is 5.14. The Morgan fingerprint density at radius 3 is 2.37 bits per heavy atom. The van der Waals surface area contributed by atoms with E-state index in [1.54, 1.807) is 36.5 Å². The minimum absolute atomic E-state index is 0.00336. The zero-order valence-corrected chi connectivity index (χ0v) is 29.0. The van der Waals surface area contributed by atoms with E-state index in [1.165, 1.54) is 23.5 Å². The van der Waals surface area contributed by atoms with Crippen molar-refractivity contribution in [3.05, 3.63) is 95.7 Å². The third-order valence-corrected chi connectivity index (χ3v) is 8.64. The molecule has 10 nitrogen and oxygen atoms in total. The molecule has 256 valence electrons. The molecule has 0 spiro atoms. The van der Waals surface area contributed by atoms with Gasteiger partial charge in [-0.3, -0.25) is 14.6 Å². The van der Waals surface area contributed by atoms with Crippen LogP contribution >= 0.6 is 11.3 Å². The summed E-state index contributed by atoms with van der Waals surface area (Å²) in [5.41, 5.74) is 2.11. The lowest BCUT2D eigenvalue weighted by molar-refractivity contribution is -0.126. The molecule has 0 N–H and O–H groups in total. The number of ketones is 2. The average molecular weight is 687 g/mol. The summed E-state index contributed by atoms with van der Waals surface area (Å²) in [4.78, 5) is 49.3. The second-order valence-electron chi connectivity index (χ2n) is 12.6. The summed E-state index contributed by atoms with van der Waals surface area (Å²) in [5.74, 6) is -0.000153. The van der Waals surface area contributed by atoms with Gasteiger partial charge in [0.25, 0.3) is 0 Å². The number of fused-ring (bicyclic) bond motifs is 1. The number of amides is 1. The lowest BCUT2D eigenvalue weighted by Gasteiger charge is -2.27. The maximum absolute atomic E-state index is 15.2. The van der Waals surface area contributed by atoms with E-state index < -0.39 is 17.5 Å². The molecule has 2 aromatic carbocycles. The number of imidazole rings is 1. The molecule has 0 bridgehead atoms. The normalized spacial score (nSPS) is 11.5. The minimum Gasteiger partial charge on any atom is -0.453 e. The van der Waals surface area contributed by atoms with Crippen molar-refractivity contribution in [2.75, 3.05) is 20.3 Å². The van der Waals surface area contributed by atoms with Crippen LogP contribution in [0.5, 0.6) is 11.5 Å². The van der Waals surface area contributed by atoms with Gasteiger partial charge in [-0.1, -0.05) is 36.4 Å². The van der Waals surface area contributed by atoms with Crippen molar-refractivity contribution < 1.29 is 33.0 Å². The number of ether oxygens (including phenoxy) is 3. The van der Waals surface area contributed by atoms with Crippen LogP contribution < -0.4 is 4.74 Å². The maximum Gasteiger partial charge on any atom is 0.410 e. The van der Waals surface area contributed by atoms with E-state index in [0.29, 0.717) is 40.5 Å². The van der Waals surface area contributed by atoms with Crippen molar-refractivity contribution in [1.29, 1.82) is 0 Å². The number of Topliss-reactive ketones (excluding diaryl/α,β-unsaturated/α-hetero) is 2. The van der Waals surface area contributed by atoms with Gasteiger partial charge in [-0.05, 0) is 50.1 Å². The van der Waals surface area contributed by atoms with E-state index in [0.717, 1.165) is 16.1 Å². The van der Waals surface area contributed by atoms with E-state index in [4.69, 9.17) is 14.2 Å². The third-order valence-electron chi connectivity index (χ3n) is 7.51. The highest BCUT2D eigenvalue weighted by Crippen LogP contribution is 2.39. The summed E-state index contributed by atoms with van der Waals surface area (Å²) in [6.07, 6.45) is 2.78. The van der Waals surface area contributed by atoms with E-state index >= 15 is 4.39 Å². The summed E-state index contributed by atoms with van der Waals surface area (Å²) in [7, 11) is 3.45. The number of benzene rings is 2. The predicted octanol–water partition coefficient (Wildman–Crippen LogP) is 7.33. The van der Waals surface area contributed by atoms with Crippen LogP contribution in [-0.2, 0) is 45.5 Å². The van der Waals surface area contributed by atoms with Crippen molar-refractivity contribution in [1.82, 2.24) is 19.4 Å². The number of aromatic nitrogens is 3. The summed E-state index contributed by atoms with van der Waals surface area (Å²) in [5, 5.41) is 0. The van der Waals surface area contributed by atoms with Gasteiger partial charge >= 0.3 is 6.09 Å². The monoisotopic (exact) mass is 686 g/mol. The first-order valence-corrected chi connectivity index (χ1v) is 16.6. The Kier molecular flexibility index (Phi) is 11.2. The number of thiophene rings is 1. The molecule has 0 unspecified atom stereocenters. The second kappa shape index (κ2) is 15.5. The molecule has 12 heteroatoms. The fraction of sp³-hybridized carbons (Fsp3) is 0.324. The SMILES string of the molecule is COCCN(Cc1cnc(-c2cc3nccc(Oc4ccc(CC(=O)CC(=O)Cc5ccccc5)cc4F)c3s2)n1C)C(=O)OC(C)(C)C. The lowest BCUT2D eigenvalue weighted by Crippen LogP contribution is -2.38. The highest BCUT2D eigenvalue weighted by atomic mass is 32.1. The highest BCUT2D eigenvalue weighted by Gasteiger charge is 2.24. The molecule has 0 aliphatic heterocycles. The molecular formula is C37H39FN4O6S. The largest absolute Gasteiger partial charge is 0.453 e. The van der Waals surface area contributed by atoms with E-state index in [9.17, 15) is 14.4 Å². The molecule has 3 heterocycles. The Balaban J connectivity index is 1.28. The Hall–Kier alpha value is -4.94. The van der Waals surface area contributed by atoms with Gasteiger partial charge in [0, 0.05) is 45.8 Å². The van der Waals surface area contributed by atoms with E-state index in [1.807, 2.05) is 68.8 Å². The molecule has 0 fully saturated rings. The van der Waals surface area contributed by atoms with Crippen LogP contribution in [-0.4, -0.2) is 63.0 Å². The number of carbonyl (C=O) groups excluding carboxylic acids is 3. The van der Waals surface area contributed by atoms with Crippen molar-refractivity contribution >= 4 is 39.2 Å². The van der Waals surface area contributed by atoms with Gasteiger partial charge in [0.1, 0.15) is 28.7 Å². The van der Waals surface area contributed by atoms with Crippen molar-refractivity contribution in [2.24, 2.45) is 7.05 Å². The molecule has 5 rings (SSSR count). The molecular weight excluding hydrogens is 647 g/mol. The van der Waals surface area contributed by atoms with Gasteiger partial charge in [-0.2, -0.15) is 0 Å². The van der Waals surface area contributed by atoms with Crippen molar-refractivity contribution in [3.8, 4) is 22.2 Å². The smallest absolute Gasteiger partial charge is 0.410 e. The third kappa shape index (κ3) is 9.36. The summed E-state index contributed by atoms with van der Waals surface area (Å²) >= 11 is 1.40. The van der Waals surface area contributed by atoms with Crippen LogP contribution in [0.1, 0.15) is 44.0 Å². The number of halogens is 1. The quantitative estimate of drug-likeness (QED) is 0.112. The summed E-state index contributed by atoms with van der Waals surface area (Å²) in [6.45, 7) is 6.43. The van der Waals surface area contributed by atoms with Gasteiger partial charge in [-0.15, -0.1) is 11.3 Å². The Morgan fingerprint density at radius 2 is 1.67 bits per heavy atom. The highest BCUT2D eigenvalue weighted by molar-refractivity contribution is 7.22. The number of rotatable bonds is 14. The molecule has 0 saturated heterocycles. The van der Waals surface area contributed by atoms with Crippen LogP contribution in [0.25, 0.3) is 20.9 Å². The standard InChI is InChI=1S/C37H39FN4O6S/c1-37(2,3)48-36(45)42(15-16-46-5)23-26-22-40-35(41(26)4)33-21-30-34(49-33)32(13-14-39-30)47-31-12-11-25(19-29(31)38)18-28(44)20-27(43)17-24-9-7-6-8-10-24/h6-14,19,21-22H,15-18,20,23H2,1-5H3. The number of pyridine rings is 1. The zero-order chi connectivity index (χ0) is 35.1. The van der Waals surface area contributed by atoms with Crippen LogP contribution in [0.15, 0.2) is 73.1 Å². The predicted molar refractivity (Wildman–Crippen MR) is 185 cm³/mol. The lowest BCUT2D eigenvalue weighted by atomic mass is 10.0. The fourth-order valence-corrected chi connectivity index (χ4v) is 6.23. The Morgan fingerprint density at radius 1 is 0.939 bits per heavy atom. The number of hydrogen-bond acceptors (Lipinski definition) is 9. The average Bonchev–Trinajstić information content (AvgIpc) is 3.63. The second-order valence-corrected chi connectivity index (χ2v) is 13.7. The van der Waals surface area contributed by atoms with E-state index in [-0.39, 0.29) is 43.1 Å². The number of methoxy groups -OCH3 is 1. The maximum atomic E-state index is 15.2. The van der Waals surface area contributed by atoms with Gasteiger partial charge in [-0.25, -0.2) is 14.2 Å². The van der Waals surface area contributed by atoms with E-state index in [2.05, 4.69) is 9.97 Å². The van der Waals surface area contributed by atoms with Gasteiger partial charge < -0.3 is 23.7 Å². The van der Waals surface area contributed by atoms with Crippen LogP contribution in [0.4, 0.5) is 9.18 Å². The first-order chi connectivity index (χ1) is 23.4. The van der Waals surface area contributed by atoms with Gasteiger partial charge in [0.2, 0.25) is 0 Å². The Bertz CT molecular complexity index is 1950. The molecule has 0 atom stereocenters. The first-order valence-electron chi connectivity index (χ1n) is 15.8. The summed E-state index contributed by atoms with van der Waals surface area (Å²) in [6, 6.07) is 17.2. The zero-order valence-electron chi connectivity index (χ0n) is 28.2. The van der Waals surface area contributed by atoms with Gasteiger partial charge in [0.15, 0.2) is 11.6 Å².